The first-order chi connectivity index (χ1) is 9.01. The van der Waals surface area contributed by atoms with Gasteiger partial charge in [0.15, 0.2) is 0 Å². The van der Waals surface area contributed by atoms with E-state index in [2.05, 4.69) is 11.1 Å². The minimum Gasteiger partial charge on any atom is -0.437 e. The number of rotatable bonds is 2. The van der Waals surface area contributed by atoms with Crippen molar-refractivity contribution in [3.8, 4) is 17.7 Å². The van der Waals surface area contributed by atoms with Crippen molar-refractivity contribution in [2.75, 3.05) is 0 Å². The minimum absolute atomic E-state index is 0.259. The number of aromatic nitrogens is 1. The van der Waals surface area contributed by atoms with Crippen LogP contribution in [-0.4, -0.2) is 4.98 Å². The lowest BCUT2D eigenvalue weighted by molar-refractivity contribution is 0.454. The summed E-state index contributed by atoms with van der Waals surface area (Å²) < 4.78 is 18.7. The smallest absolute Gasteiger partial charge is 0.237 e. The minimum atomic E-state index is -0.321. The molecule has 96 valence electrons. The van der Waals surface area contributed by atoms with E-state index in [1.54, 1.807) is 6.92 Å². The van der Waals surface area contributed by atoms with Gasteiger partial charge < -0.3 is 4.74 Å². The zero-order valence-electron chi connectivity index (χ0n) is 11.0. The normalized spacial score (nSPS) is 10.1. The van der Waals surface area contributed by atoms with E-state index in [9.17, 15) is 4.39 Å². The summed E-state index contributed by atoms with van der Waals surface area (Å²) >= 11 is 0. The maximum Gasteiger partial charge on any atom is 0.237 e. The summed E-state index contributed by atoms with van der Waals surface area (Å²) in [4.78, 5) is 4.23. The van der Waals surface area contributed by atoms with Crippen molar-refractivity contribution < 1.29 is 9.13 Å². The highest BCUT2D eigenvalue weighted by molar-refractivity contribution is 5.47. The van der Waals surface area contributed by atoms with Crippen molar-refractivity contribution in [2.45, 2.75) is 20.8 Å². The van der Waals surface area contributed by atoms with Crippen LogP contribution < -0.4 is 4.74 Å². The standard InChI is InChI=1S/C15H13FN2O/c1-9-6-11(3)18-15(13(9)8-17)19-14-5-4-12(16)7-10(14)2/h4-7H,1-3H3. The van der Waals surface area contributed by atoms with Gasteiger partial charge in [-0.25, -0.2) is 9.37 Å². The molecule has 0 radical (unpaired) electrons. The van der Waals surface area contributed by atoms with Crippen LogP contribution in [0.25, 0.3) is 0 Å². The summed E-state index contributed by atoms with van der Waals surface area (Å²) in [6, 6.07) is 8.13. The van der Waals surface area contributed by atoms with Crippen LogP contribution in [0.3, 0.4) is 0 Å². The van der Waals surface area contributed by atoms with Crippen LogP contribution in [0.15, 0.2) is 24.3 Å². The van der Waals surface area contributed by atoms with E-state index in [4.69, 9.17) is 10.00 Å². The Labute approximate surface area is 111 Å². The molecule has 0 saturated carbocycles. The second-order valence-electron chi connectivity index (χ2n) is 4.38. The fourth-order valence-electron chi connectivity index (χ4n) is 1.84. The van der Waals surface area contributed by atoms with Gasteiger partial charge in [0.2, 0.25) is 5.88 Å². The van der Waals surface area contributed by atoms with E-state index in [0.717, 1.165) is 11.3 Å². The number of hydrogen-bond donors (Lipinski definition) is 0. The molecule has 0 fully saturated rings. The number of nitrogens with zero attached hydrogens (tertiary/aromatic N) is 2. The average molecular weight is 256 g/mol. The van der Waals surface area contributed by atoms with E-state index >= 15 is 0 Å². The first kappa shape index (κ1) is 13.0. The Morgan fingerprint density at radius 3 is 2.53 bits per heavy atom. The molecule has 0 atom stereocenters. The number of halogens is 1. The summed E-state index contributed by atoms with van der Waals surface area (Å²) in [7, 11) is 0. The van der Waals surface area contributed by atoms with E-state index in [1.165, 1.54) is 18.2 Å². The predicted octanol–water partition coefficient (Wildman–Crippen LogP) is 3.81. The molecule has 1 aromatic carbocycles. The largest absolute Gasteiger partial charge is 0.437 e. The monoisotopic (exact) mass is 256 g/mol. The topological polar surface area (TPSA) is 45.9 Å². The zero-order chi connectivity index (χ0) is 14.0. The Hall–Kier alpha value is -2.41. The first-order valence-corrected chi connectivity index (χ1v) is 5.83. The SMILES string of the molecule is Cc1cc(C)c(C#N)c(Oc2ccc(F)cc2C)n1. The van der Waals surface area contributed by atoms with Crippen molar-refractivity contribution >= 4 is 0 Å². The maximum atomic E-state index is 13.0. The van der Waals surface area contributed by atoms with Gasteiger partial charge in [-0.3, -0.25) is 0 Å². The molecule has 1 heterocycles. The molecule has 0 N–H and O–H groups in total. The van der Waals surface area contributed by atoms with Crippen molar-refractivity contribution in [1.29, 1.82) is 5.26 Å². The molecule has 0 aliphatic rings. The van der Waals surface area contributed by atoms with Gasteiger partial charge in [0.05, 0.1) is 0 Å². The predicted molar refractivity (Wildman–Crippen MR) is 69.6 cm³/mol. The third kappa shape index (κ3) is 2.71. The maximum absolute atomic E-state index is 13.0. The number of pyridine rings is 1. The van der Waals surface area contributed by atoms with Crippen LogP contribution in [0.4, 0.5) is 4.39 Å². The second kappa shape index (κ2) is 5.07. The van der Waals surface area contributed by atoms with Crippen LogP contribution >= 0.6 is 0 Å². The molecule has 1 aromatic heterocycles. The molecule has 0 bridgehead atoms. The van der Waals surface area contributed by atoms with E-state index in [0.29, 0.717) is 16.9 Å². The molecule has 19 heavy (non-hydrogen) atoms. The number of aryl methyl sites for hydroxylation is 3. The zero-order valence-corrected chi connectivity index (χ0v) is 11.0. The summed E-state index contributed by atoms with van der Waals surface area (Å²) in [6.45, 7) is 5.41. The van der Waals surface area contributed by atoms with E-state index < -0.39 is 0 Å². The molecule has 0 aliphatic heterocycles. The fraction of sp³-hybridized carbons (Fsp3) is 0.200. The molecule has 3 nitrogen and oxygen atoms in total. The van der Waals surface area contributed by atoms with E-state index in [1.807, 2.05) is 19.9 Å². The number of ether oxygens (including phenoxy) is 1. The number of benzene rings is 1. The first-order valence-electron chi connectivity index (χ1n) is 5.83. The molecular formula is C15H13FN2O. The van der Waals surface area contributed by atoms with Crippen molar-refractivity contribution in [3.05, 3.63) is 52.5 Å². The van der Waals surface area contributed by atoms with Gasteiger partial charge in [0, 0.05) is 5.69 Å². The molecule has 4 heteroatoms. The van der Waals surface area contributed by atoms with Crippen LogP contribution in [0.5, 0.6) is 11.6 Å². The summed E-state index contributed by atoms with van der Waals surface area (Å²) in [5, 5.41) is 9.15. The van der Waals surface area contributed by atoms with Crippen LogP contribution in [0.1, 0.15) is 22.4 Å². The van der Waals surface area contributed by atoms with Gasteiger partial charge in [0.25, 0.3) is 0 Å². The summed E-state index contributed by atoms with van der Waals surface area (Å²) in [6.07, 6.45) is 0. The highest BCUT2D eigenvalue weighted by Crippen LogP contribution is 2.28. The summed E-state index contributed by atoms with van der Waals surface area (Å²) in [5.41, 5.74) is 2.63. The Balaban J connectivity index is 2.46. The van der Waals surface area contributed by atoms with Crippen molar-refractivity contribution in [2.24, 2.45) is 0 Å². The third-order valence-corrected chi connectivity index (χ3v) is 2.77. The molecule has 0 saturated heterocycles. The Kier molecular flexibility index (Phi) is 3.48. The second-order valence-corrected chi connectivity index (χ2v) is 4.38. The molecule has 0 unspecified atom stereocenters. The van der Waals surface area contributed by atoms with E-state index in [-0.39, 0.29) is 11.7 Å². The average Bonchev–Trinajstić information content (AvgIpc) is 2.32. The molecule has 2 rings (SSSR count). The molecule has 0 amide bonds. The van der Waals surface area contributed by atoms with Gasteiger partial charge in [-0.05, 0) is 56.2 Å². The summed E-state index contributed by atoms with van der Waals surface area (Å²) in [5.74, 6) is 0.434. The lowest BCUT2D eigenvalue weighted by atomic mass is 10.1. The Bertz CT molecular complexity index is 675. The lowest BCUT2D eigenvalue weighted by Gasteiger charge is -2.11. The van der Waals surface area contributed by atoms with Crippen molar-refractivity contribution in [3.63, 3.8) is 0 Å². The Morgan fingerprint density at radius 1 is 1.16 bits per heavy atom. The van der Waals surface area contributed by atoms with Gasteiger partial charge in [-0.15, -0.1) is 0 Å². The lowest BCUT2D eigenvalue weighted by Crippen LogP contribution is -1.98. The van der Waals surface area contributed by atoms with Crippen LogP contribution in [0, 0.1) is 37.9 Å². The quantitative estimate of drug-likeness (QED) is 0.820. The number of hydrogen-bond acceptors (Lipinski definition) is 3. The van der Waals surface area contributed by atoms with Gasteiger partial charge >= 0.3 is 0 Å². The molecule has 0 spiro atoms. The van der Waals surface area contributed by atoms with Gasteiger partial charge in [-0.1, -0.05) is 0 Å². The molecular weight excluding hydrogens is 243 g/mol. The Morgan fingerprint density at radius 2 is 1.89 bits per heavy atom. The van der Waals surface area contributed by atoms with Gasteiger partial charge in [-0.2, -0.15) is 5.26 Å². The van der Waals surface area contributed by atoms with Crippen LogP contribution in [-0.2, 0) is 0 Å². The van der Waals surface area contributed by atoms with Crippen LogP contribution in [0.2, 0.25) is 0 Å². The number of nitriles is 1. The highest BCUT2D eigenvalue weighted by atomic mass is 19.1. The third-order valence-electron chi connectivity index (χ3n) is 2.77. The molecule has 2 aromatic rings. The van der Waals surface area contributed by atoms with Crippen molar-refractivity contribution in [1.82, 2.24) is 4.98 Å². The highest BCUT2D eigenvalue weighted by Gasteiger charge is 2.12. The fourth-order valence-corrected chi connectivity index (χ4v) is 1.84. The molecule has 0 aliphatic carbocycles. The van der Waals surface area contributed by atoms with Gasteiger partial charge in [0.1, 0.15) is 23.2 Å².